The van der Waals surface area contributed by atoms with Gasteiger partial charge in [-0.1, -0.05) is 29.8 Å². The molecule has 2 rings (SSSR count). The molecule has 0 aliphatic rings. The van der Waals surface area contributed by atoms with Crippen molar-refractivity contribution in [1.29, 1.82) is 0 Å². The average Bonchev–Trinajstić information content (AvgIpc) is 2.52. The smallest absolute Gasteiger partial charge is 0.306 e. The first-order valence-corrected chi connectivity index (χ1v) is 7.12. The molecule has 0 radical (unpaired) electrons. The molecule has 0 amide bonds. The normalized spacial score (nSPS) is 10.3. The molecule has 2 aromatic carbocycles. The van der Waals surface area contributed by atoms with Gasteiger partial charge in [-0.2, -0.15) is 0 Å². The average molecular weight is 321 g/mol. The maximum Gasteiger partial charge on any atom is 0.306 e. The summed E-state index contributed by atoms with van der Waals surface area (Å²) in [6.07, 6.45) is -0.00630. The molecular weight excluding hydrogens is 307 g/mol. The summed E-state index contributed by atoms with van der Waals surface area (Å²) in [5, 5.41) is 0.526. The summed E-state index contributed by atoms with van der Waals surface area (Å²) in [6, 6.07) is 12.3. The zero-order valence-electron chi connectivity index (χ0n) is 11.7. The van der Waals surface area contributed by atoms with Crippen LogP contribution in [0.3, 0.4) is 0 Å². The molecule has 0 saturated carbocycles. The number of esters is 1. The van der Waals surface area contributed by atoms with Gasteiger partial charge in [-0.05, 0) is 30.3 Å². The molecule has 0 fully saturated rings. The van der Waals surface area contributed by atoms with Gasteiger partial charge in [0.1, 0.15) is 12.4 Å². The van der Waals surface area contributed by atoms with Crippen LogP contribution in [-0.4, -0.2) is 11.8 Å². The maximum atomic E-state index is 12.8. The van der Waals surface area contributed by atoms with E-state index in [1.54, 1.807) is 24.3 Å². The number of carbonyl (C=O) groups excluding carboxylic acids is 2. The van der Waals surface area contributed by atoms with Gasteiger partial charge in [0.2, 0.25) is 0 Å². The number of carbonyl (C=O) groups is 2. The van der Waals surface area contributed by atoms with Gasteiger partial charge in [0, 0.05) is 22.6 Å². The van der Waals surface area contributed by atoms with Crippen LogP contribution in [0.1, 0.15) is 28.8 Å². The van der Waals surface area contributed by atoms with Gasteiger partial charge in [0.05, 0.1) is 6.42 Å². The third kappa shape index (κ3) is 4.67. The third-order valence-electron chi connectivity index (χ3n) is 3.07. The fourth-order valence-corrected chi connectivity index (χ4v) is 2.03. The summed E-state index contributed by atoms with van der Waals surface area (Å²) in [5.41, 5.74) is 1.09. The van der Waals surface area contributed by atoms with E-state index in [4.69, 9.17) is 16.3 Å². The Morgan fingerprint density at radius 1 is 1.00 bits per heavy atom. The zero-order chi connectivity index (χ0) is 15.9. The SMILES string of the molecule is O=C(CCC(=O)c1ccc(F)cc1)OCc1ccccc1Cl. The van der Waals surface area contributed by atoms with Crippen LogP contribution in [0.5, 0.6) is 0 Å². The van der Waals surface area contributed by atoms with Crippen LogP contribution in [0.15, 0.2) is 48.5 Å². The second-order valence-corrected chi connectivity index (χ2v) is 5.09. The number of hydrogen-bond donors (Lipinski definition) is 0. The van der Waals surface area contributed by atoms with Crippen molar-refractivity contribution < 1.29 is 18.7 Å². The Labute approximate surface area is 132 Å². The van der Waals surface area contributed by atoms with E-state index in [1.807, 2.05) is 0 Å². The van der Waals surface area contributed by atoms with Crippen molar-refractivity contribution in [3.8, 4) is 0 Å². The van der Waals surface area contributed by atoms with E-state index < -0.39 is 11.8 Å². The predicted molar refractivity (Wildman–Crippen MR) is 81.2 cm³/mol. The Kier molecular flexibility index (Phi) is 5.67. The van der Waals surface area contributed by atoms with Crippen molar-refractivity contribution in [2.24, 2.45) is 0 Å². The van der Waals surface area contributed by atoms with Crippen LogP contribution < -0.4 is 0 Å². The first-order chi connectivity index (χ1) is 10.6. The lowest BCUT2D eigenvalue weighted by molar-refractivity contribution is -0.144. The van der Waals surface area contributed by atoms with Crippen molar-refractivity contribution in [3.05, 3.63) is 70.5 Å². The first-order valence-electron chi connectivity index (χ1n) is 6.74. The van der Waals surface area contributed by atoms with Crippen molar-refractivity contribution >= 4 is 23.4 Å². The van der Waals surface area contributed by atoms with Gasteiger partial charge >= 0.3 is 5.97 Å². The molecule has 0 heterocycles. The molecule has 5 heteroatoms. The molecule has 2 aromatic rings. The molecule has 0 aliphatic heterocycles. The molecule has 0 aromatic heterocycles. The zero-order valence-corrected chi connectivity index (χ0v) is 12.5. The summed E-state index contributed by atoms with van der Waals surface area (Å²) < 4.78 is 17.8. The topological polar surface area (TPSA) is 43.4 Å². The van der Waals surface area contributed by atoms with E-state index in [0.29, 0.717) is 16.1 Å². The van der Waals surface area contributed by atoms with E-state index in [9.17, 15) is 14.0 Å². The lowest BCUT2D eigenvalue weighted by Crippen LogP contribution is -2.08. The van der Waals surface area contributed by atoms with Crippen molar-refractivity contribution in [2.75, 3.05) is 0 Å². The van der Waals surface area contributed by atoms with E-state index >= 15 is 0 Å². The lowest BCUT2D eigenvalue weighted by Gasteiger charge is -2.06. The highest BCUT2D eigenvalue weighted by atomic mass is 35.5. The van der Waals surface area contributed by atoms with Crippen LogP contribution in [0, 0.1) is 5.82 Å². The number of rotatable bonds is 6. The number of benzene rings is 2. The molecule has 0 N–H and O–H groups in total. The van der Waals surface area contributed by atoms with Crippen LogP contribution in [-0.2, 0) is 16.1 Å². The van der Waals surface area contributed by atoms with Gasteiger partial charge in [-0.25, -0.2) is 4.39 Å². The number of ether oxygens (including phenoxy) is 1. The quantitative estimate of drug-likeness (QED) is 0.592. The van der Waals surface area contributed by atoms with Crippen LogP contribution in [0.25, 0.3) is 0 Å². The van der Waals surface area contributed by atoms with Crippen LogP contribution >= 0.6 is 11.6 Å². The molecule has 0 saturated heterocycles. The van der Waals surface area contributed by atoms with Crippen LogP contribution in [0.4, 0.5) is 4.39 Å². The highest BCUT2D eigenvalue weighted by molar-refractivity contribution is 6.31. The summed E-state index contributed by atoms with van der Waals surface area (Å²) in [7, 11) is 0. The maximum absolute atomic E-state index is 12.8. The number of hydrogen-bond acceptors (Lipinski definition) is 3. The van der Waals surface area contributed by atoms with Gasteiger partial charge < -0.3 is 4.74 Å². The molecule has 22 heavy (non-hydrogen) atoms. The predicted octanol–water partition coefficient (Wildman–Crippen LogP) is 4.19. The second kappa shape index (κ2) is 7.71. The summed E-state index contributed by atoms with van der Waals surface area (Å²) in [5.74, 6) is -1.11. The standard InChI is InChI=1S/C17H14ClFO3/c18-15-4-2-1-3-13(15)11-22-17(21)10-9-16(20)12-5-7-14(19)8-6-12/h1-8H,9-11H2. The van der Waals surface area contributed by atoms with Crippen molar-refractivity contribution in [2.45, 2.75) is 19.4 Å². The van der Waals surface area contributed by atoms with E-state index in [0.717, 1.165) is 0 Å². The molecular formula is C17H14ClFO3. The van der Waals surface area contributed by atoms with Crippen LogP contribution in [0.2, 0.25) is 5.02 Å². The Morgan fingerprint density at radius 2 is 1.68 bits per heavy atom. The Hall–Kier alpha value is -2.20. The molecule has 114 valence electrons. The summed E-state index contributed by atoms with van der Waals surface area (Å²) in [6.45, 7) is 0.0727. The molecule has 3 nitrogen and oxygen atoms in total. The minimum Gasteiger partial charge on any atom is -0.461 e. The largest absolute Gasteiger partial charge is 0.461 e. The van der Waals surface area contributed by atoms with Crippen molar-refractivity contribution in [1.82, 2.24) is 0 Å². The first kappa shape index (κ1) is 16.2. The second-order valence-electron chi connectivity index (χ2n) is 4.68. The van der Waals surface area contributed by atoms with Gasteiger partial charge in [-0.15, -0.1) is 0 Å². The molecule has 0 bridgehead atoms. The number of Topliss-reactive ketones (excluding diaryl/α,β-unsaturated/α-hetero) is 1. The minimum absolute atomic E-state index is 0.0208. The van der Waals surface area contributed by atoms with Gasteiger partial charge in [-0.3, -0.25) is 9.59 Å². The molecule has 0 atom stereocenters. The van der Waals surface area contributed by atoms with Gasteiger partial charge in [0.25, 0.3) is 0 Å². The fourth-order valence-electron chi connectivity index (χ4n) is 1.84. The highest BCUT2D eigenvalue weighted by Crippen LogP contribution is 2.16. The number of ketones is 1. The lowest BCUT2D eigenvalue weighted by atomic mass is 10.1. The van der Waals surface area contributed by atoms with E-state index in [-0.39, 0.29) is 25.2 Å². The Balaban J connectivity index is 1.79. The van der Waals surface area contributed by atoms with Gasteiger partial charge in [0.15, 0.2) is 5.78 Å². The van der Waals surface area contributed by atoms with Crippen molar-refractivity contribution in [3.63, 3.8) is 0 Å². The minimum atomic E-state index is -0.476. The summed E-state index contributed by atoms with van der Waals surface area (Å²) in [4.78, 5) is 23.5. The Morgan fingerprint density at radius 3 is 2.36 bits per heavy atom. The molecule has 0 aliphatic carbocycles. The monoisotopic (exact) mass is 320 g/mol. The highest BCUT2D eigenvalue weighted by Gasteiger charge is 2.11. The third-order valence-corrected chi connectivity index (χ3v) is 3.44. The molecule has 0 unspecified atom stereocenters. The number of halogens is 2. The van der Waals surface area contributed by atoms with E-state index in [2.05, 4.69) is 0 Å². The molecule has 0 spiro atoms. The summed E-state index contributed by atoms with van der Waals surface area (Å²) >= 11 is 5.95. The van der Waals surface area contributed by atoms with E-state index in [1.165, 1.54) is 24.3 Å². The fraction of sp³-hybridized carbons (Fsp3) is 0.176. The Bertz CT molecular complexity index is 668.